The van der Waals surface area contributed by atoms with E-state index in [1.807, 2.05) is 0 Å². The van der Waals surface area contributed by atoms with Crippen LogP contribution in [0.1, 0.15) is 17.2 Å². The van der Waals surface area contributed by atoms with Gasteiger partial charge >= 0.3 is 6.18 Å². The van der Waals surface area contributed by atoms with Crippen molar-refractivity contribution in [2.45, 2.75) is 23.7 Å². The van der Waals surface area contributed by atoms with Crippen molar-refractivity contribution in [1.29, 1.82) is 0 Å². The van der Waals surface area contributed by atoms with E-state index in [1.54, 1.807) is 30.3 Å². The Morgan fingerprint density at radius 1 is 1.14 bits per heavy atom. The predicted octanol–water partition coefficient (Wildman–Crippen LogP) is 3.67. The van der Waals surface area contributed by atoms with Crippen molar-refractivity contribution in [1.82, 2.24) is 19.5 Å². The minimum absolute atomic E-state index is 0.0832. The van der Waals surface area contributed by atoms with Crippen molar-refractivity contribution in [3.63, 3.8) is 0 Å². The summed E-state index contributed by atoms with van der Waals surface area (Å²) in [5.74, 6) is 0. The first-order chi connectivity index (χ1) is 13.2. The van der Waals surface area contributed by atoms with Gasteiger partial charge in [0.05, 0.1) is 23.2 Å². The summed E-state index contributed by atoms with van der Waals surface area (Å²) in [5.41, 5.74) is -0.505. The van der Waals surface area contributed by atoms with Crippen molar-refractivity contribution in [3.8, 4) is 0 Å². The van der Waals surface area contributed by atoms with Crippen molar-refractivity contribution in [2.75, 3.05) is 0 Å². The lowest BCUT2D eigenvalue weighted by atomic mass is 10.1. The van der Waals surface area contributed by atoms with Gasteiger partial charge in [-0.3, -0.25) is 4.68 Å². The second-order valence-corrected chi connectivity index (χ2v) is 7.93. The lowest BCUT2D eigenvalue weighted by Gasteiger charge is -2.20. The Morgan fingerprint density at radius 3 is 2.46 bits per heavy atom. The molecule has 1 aromatic heterocycles. The van der Waals surface area contributed by atoms with E-state index < -0.39 is 32.7 Å². The molecule has 3 aromatic rings. The zero-order valence-electron chi connectivity index (χ0n) is 14.1. The second-order valence-electron chi connectivity index (χ2n) is 5.85. The summed E-state index contributed by atoms with van der Waals surface area (Å²) in [6.45, 7) is 0.0832. The highest BCUT2D eigenvalue weighted by Gasteiger charge is 2.33. The number of sulfonamides is 1. The van der Waals surface area contributed by atoms with Gasteiger partial charge in [-0.2, -0.15) is 18.3 Å². The maximum Gasteiger partial charge on any atom is 0.416 e. The highest BCUT2D eigenvalue weighted by Crippen LogP contribution is 2.33. The molecule has 0 saturated heterocycles. The number of aromatic nitrogens is 3. The summed E-state index contributed by atoms with van der Waals surface area (Å²) in [5, 5.41) is 3.63. The summed E-state index contributed by atoms with van der Waals surface area (Å²) < 4.78 is 68.5. The van der Waals surface area contributed by atoms with Gasteiger partial charge in [0.1, 0.15) is 17.6 Å². The van der Waals surface area contributed by atoms with Crippen LogP contribution in [0.3, 0.4) is 0 Å². The SMILES string of the molecule is O=S(=O)(NC(Cn1cncn1)c1ccccc1)c1cc(C(F)(F)F)ccc1Cl. The van der Waals surface area contributed by atoms with E-state index in [2.05, 4.69) is 14.8 Å². The molecule has 0 aliphatic rings. The molecule has 1 atom stereocenters. The molecular formula is C17H14ClF3N4O2S. The van der Waals surface area contributed by atoms with Crippen molar-refractivity contribution >= 4 is 21.6 Å². The molecule has 148 valence electrons. The number of benzene rings is 2. The average molecular weight is 431 g/mol. The highest BCUT2D eigenvalue weighted by atomic mass is 35.5. The average Bonchev–Trinajstić information content (AvgIpc) is 3.14. The van der Waals surface area contributed by atoms with Gasteiger partial charge in [-0.15, -0.1) is 0 Å². The molecule has 0 saturated carbocycles. The normalized spacial score (nSPS) is 13.4. The Balaban J connectivity index is 1.98. The molecule has 0 fully saturated rings. The molecule has 0 spiro atoms. The molecule has 28 heavy (non-hydrogen) atoms. The fourth-order valence-electron chi connectivity index (χ4n) is 2.55. The second kappa shape index (κ2) is 7.90. The van der Waals surface area contributed by atoms with E-state index in [9.17, 15) is 21.6 Å². The zero-order chi connectivity index (χ0) is 20.4. The minimum atomic E-state index is -4.70. The Bertz CT molecular complexity index is 1040. The van der Waals surface area contributed by atoms with Gasteiger partial charge in [-0.1, -0.05) is 41.9 Å². The number of halogens is 4. The number of alkyl halides is 3. The van der Waals surface area contributed by atoms with E-state index in [0.717, 1.165) is 12.1 Å². The molecular weight excluding hydrogens is 417 g/mol. The van der Waals surface area contributed by atoms with Gasteiger partial charge in [0, 0.05) is 0 Å². The van der Waals surface area contributed by atoms with Crippen LogP contribution in [0.4, 0.5) is 13.2 Å². The van der Waals surface area contributed by atoms with E-state index in [1.165, 1.54) is 17.3 Å². The van der Waals surface area contributed by atoms with Gasteiger partial charge in [0.25, 0.3) is 0 Å². The lowest BCUT2D eigenvalue weighted by molar-refractivity contribution is -0.137. The predicted molar refractivity (Wildman–Crippen MR) is 96.0 cm³/mol. The molecule has 6 nitrogen and oxygen atoms in total. The van der Waals surface area contributed by atoms with Gasteiger partial charge in [0.15, 0.2) is 0 Å². The Kier molecular flexibility index (Phi) is 5.73. The van der Waals surface area contributed by atoms with Crippen LogP contribution >= 0.6 is 11.6 Å². The van der Waals surface area contributed by atoms with Gasteiger partial charge in [-0.05, 0) is 23.8 Å². The summed E-state index contributed by atoms with van der Waals surface area (Å²) in [4.78, 5) is 3.16. The van der Waals surface area contributed by atoms with E-state index in [0.29, 0.717) is 11.6 Å². The first kappa shape index (κ1) is 20.3. The number of rotatable bonds is 6. The third kappa shape index (κ3) is 4.70. The van der Waals surface area contributed by atoms with Crippen molar-refractivity contribution in [2.24, 2.45) is 0 Å². The number of hydrogen-bond donors (Lipinski definition) is 1. The summed E-state index contributed by atoms with van der Waals surface area (Å²) in [7, 11) is -4.37. The topological polar surface area (TPSA) is 76.9 Å². The molecule has 1 heterocycles. The third-order valence-corrected chi connectivity index (χ3v) is 5.84. The first-order valence-corrected chi connectivity index (χ1v) is 9.79. The molecule has 3 rings (SSSR count). The van der Waals surface area contributed by atoms with E-state index >= 15 is 0 Å². The standard InChI is InChI=1S/C17H14ClF3N4O2S/c18-14-7-6-13(17(19,20)21)8-16(14)28(26,27)24-15(9-25-11-22-10-23-25)12-4-2-1-3-5-12/h1-8,10-11,15,24H,9H2. The number of hydrogen-bond acceptors (Lipinski definition) is 4. The summed E-state index contributed by atoms with van der Waals surface area (Å²) in [6.07, 6.45) is -2.00. The Hall–Kier alpha value is -2.43. The molecule has 0 bridgehead atoms. The van der Waals surface area contributed by atoms with E-state index in [-0.39, 0.29) is 11.6 Å². The van der Waals surface area contributed by atoms with Gasteiger partial charge < -0.3 is 0 Å². The molecule has 0 aliphatic carbocycles. The van der Waals surface area contributed by atoms with Crippen LogP contribution in [0.25, 0.3) is 0 Å². The fraction of sp³-hybridized carbons (Fsp3) is 0.176. The maximum atomic E-state index is 13.0. The number of nitrogens with zero attached hydrogens (tertiary/aromatic N) is 3. The van der Waals surface area contributed by atoms with Gasteiger partial charge in [0.2, 0.25) is 10.0 Å². The quantitative estimate of drug-likeness (QED) is 0.647. The van der Waals surface area contributed by atoms with Crippen LogP contribution in [-0.4, -0.2) is 23.2 Å². The molecule has 11 heteroatoms. The zero-order valence-corrected chi connectivity index (χ0v) is 15.7. The largest absolute Gasteiger partial charge is 0.416 e. The van der Waals surface area contributed by atoms with Crippen LogP contribution < -0.4 is 4.72 Å². The van der Waals surface area contributed by atoms with Crippen LogP contribution in [-0.2, 0) is 22.7 Å². The van der Waals surface area contributed by atoms with Crippen LogP contribution in [0.2, 0.25) is 5.02 Å². The third-order valence-electron chi connectivity index (χ3n) is 3.88. The minimum Gasteiger partial charge on any atom is -0.251 e. The van der Waals surface area contributed by atoms with Crippen LogP contribution in [0, 0.1) is 0 Å². The highest BCUT2D eigenvalue weighted by molar-refractivity contribution is 7.89. The summed E-state index contributed by atoms with van der Waals surface area (Å²) in [6, 6.07) is 9.93. The Morgan fingerprint density at radius 2 is 1.86 bits per heavy atom. The van der Waals surface area contributed by atoms with Crippen molar-refractivity contribution in [3.05, 3.63) is 77.3 Å². The maximum absolute atomic E-state index is 13.0. The first-order valence-electron chi connectivity index (χ1n) is 7.93. The van der Waals surface area contributed by atoms with Crippen LogP contribution in [0.5, 0.6) is 0 Å². The molecule has 0 radical (unpaired) electrons. The van der Waals surface area contributed by atoms with Gasteiger partial charge in [-0.25, -0.2) is 18.1 Å². The smallest absolute Gasteiger partial charge is 0.251 e. The Labute approximate surface area is 164 Å². The molecule has 1 N–H and O–H groups in total. The lowest BCUT2D eigenvalue weighted by Crippen LogP contribution is -2.32. The monoisotopic (exact) mass is 430 g/mol. The molecule has 2 aromatic carbocycles. The number of nitrogens with one attached hydrogen (secondary N) is 1. The molecule has 0 amide bonds. The fourth-order valence-corrected chi connectivity index (χ4v) is 4.29. The van der Waals surface area contributed by atoms with Crippen LogP contribution in [0.15, 0.2) is 66.1 Å². The molecule has 1 unspecified atom stereocenters. The van der Waals surface area contributed by atoms with Crippen molar-refractivity contribution < 1.29 is 21.6 Å². The molecule has 0 aliphatic heterocycles. The summed E-state index contributed by atoms with van der Waals surface area (Å²) >= 11 is 5.89. The van der Waals surface area contributed by atoms with E-state index in [4.69, 9.17) is 11.6 Å².